The number of amides is 2. The number of carbonyl (C=O) groups excluding carboxylic acids is 2. The Kier molecular flexibility index (Phi) is 8.16. The van der Waals surface area contributed by atoms with Gasteiger partial charge in [-0.15, -0.1) is 0 Å². The van der Waals surface area contributed by atoms with Crippen LogP contribution in [0.25, 0.3) is 11.1 Å². The lowest BCUT2D eigenvalue weighted by atomic mass is 9.98. The van der Waals surface area contributed by atoms with Gasteiger partial charge in [0.15, 0.2) is 0 Å². The van der Waals surface area contributed by atoms with E-state index in [1.807, 2.05) is 73.7 Å². The predicted molar refractivity (Wildman–Crippen MR) is 150 cm³/mol. The van der Waals surface area contributed by atoms with Crippen LogP contribution in [0, 0.1) is 11.8 Å². The van der Waals surface area contributed by atoms with E-state index in [9.17, 15) is 19.5 Å². The summed E-state index contributed by atoms with van der Waals surface area (Å²) in [7, 11) is 0. The second kappa shape index (κ2) is 11.9. The number of hydrogen-bond acceptors (Lipinski definition) is 5. The number of carboxylic acids is 1. The van der Waals surface area contributed by atoms with Crippen molar-refractivity contribution in [2.75, 3.05) is 19.7 Å². The first-order chi connectivity index (χ1) is 19.3. The molecule has 1 fully saturated rings. The van der Waals surface area contributed by atoms with Crippen molar-refractivity contribution in [2.45, 2.75) is 38.5 Å². The number of nitrogens with zero attached hydrogens (tertiary/aromatic N) is 1. The van der Waals surface area contributed by atoms with E-state index in [1.54, 1.807) is 6.92 Å². The fraction of sp³-hybridized carbons (Fsp3) is 0.344. The number of ether oxygens (including phenoxy) is 2. The molecule has 208 valence electrons. The van der Waals surface area contributed by atoms with Gasteiger partial charge in [-0.3, -0.25) is 9.59 Å². The largest absolute Gasteiger partial charge is 0.481 e. The van der Waals surface area contributed by atoms with Crippen LogP contribution in [0.2, 0.25) is 0 Å². The van der Waals surface area contributed by atoms with Crippen LogP contribution < -0.4 is 5.32 Å². The van der Waals surface area contributed by atoms with Gasteiger partial charge in [-0.25, -0.2) is 4.79 Å². The molecule has 3 aromatic rings. The Labute approximate surface area is 233 Å². The smallest absolute Gasteiger partial charge is 0.407 e. The second-order valence-electron chi connectivity index (χ2n) is 10.6. The molecule has 5 rings (SSSR count). The zero-order chi connectivity index (χ0) is 28.2. The Balaban J connectivity index is 1.29. The van der Waals surface area contributed by atoms with Gasteiger partial charge in [-0.05, 0) is 40.7 Å². The van der Waals surface area contributed by atoms with E-state index in [1.165, 1.54) is 4.90 Å². The number of aliphatic carboxylic acids is 1. The summed E-state index contributed by atoms with van der Waals surface area (Å²) in [6.07, 6.45) is -1.41. The summed E-state index contributed by atoms with van der Waals surface area (Å²) < 4.78 is 11.7. The maximum atomic E-state index is 13.6. The van der Waals surface area contributed by atoms with Crippen LogP contribution in [-0.2, 0) is 25.7 Å². The van der Waals surface area contributed by atoms with Crippen molar-refractivity contribution in [3.05, 3.63) is 95.6 Å². The number of nitrogens with one attached hydrogen (secondary N) is 1. The van der Waals surface area contributed by atoms with E-state index in [0.717, 1.165) is 27.8 Å². The van der Waals surface area contributed by atoms with Crippen LogP contribution in [0.1, 0.15) is 36.5 Å². The van der Waals surface area contributed by atoms with Gasteiger partial charge in [0.05, 0.1) is 18.6 Å². The van der Waals surface area contributed by atoms with Gasteiger partial charge in [-0.1, -0.05) is 85.8 Å². The van der Waals surface area contributed by atoms with Gasteiger partial charge >= 0.3 is 12.1 Å². The number of hydrogen-bond donors (Lipinski definition) is 2. The molecule has 1 aliphatic heterocycles. The monoisotopic (exact) mass is 542 g/mol. The standard InChI is InChI=1S/C32H34N2O6/c1-20-16-34(17-27(20)31(36)37)30(35)29(21(2)39-18-22-10-4-3-5-11-22)33-32(38)40-19-28-25-14-8-6-12-23(25)24-13-7-9-15-26(24)28/h3-15,20-21,27-29H,16-19H2,1-2H3,(H,33,38)(H,36,37). The zero-order valence-corrected chi connectivity index (χ0v) is 22.7. The minimum atomic E-state index is -1.04. The van der Waals surface area contributed by atoms with Crippen LogP contribution in [0.15, 0.2) is 78.9 Å². The van der Waals surface area contributed by atoms with E-state index in [0.29, 0.717) is 6.54 Å². The third kappa shape index (κ3) is 5.72. The SMILES string of the molecule is CC1CN(C(=O)C(NC(=O)OCC2c3ccccc3-c3ccccc32)C(C)OCc2ccccc2)CC1C(=O)O. The molecule has 0 radical (unpaired) electrons. The third-order valence-electron chi connectivity index (χ3n) is 7.95. The van der Waals surface area contributed by atoms with Gasteiger partial charge in [-0.2, -0.15) is 0 Å². The lowest BCUT2D eigenvalue weighted by Gasteiger charge is -2.28. The van der Waals surface area contributed by atoms with Crippen molar-refractivity contribution in [1.29, 1.82) is 0 Å². The van der Waals surface area contributed by atoms with Crippen molar-refractivity contribution in [3.63, 3.8) is 0 Å². The highest BCUT2D eigenvalue weighted by Crippen LogP contribution is 2.44. The normalized spacial score (nSPS) is 19.4. The number of carbonyl (C=O) groups is 3. The first-order valence-corrected chi connectivity index (χ1v) is 13.6. The van der Waals surface area contributed by atoms with Crippen molar-refractivity contribution in [2.24, 2.45) is 11.8 Å². The lowest BCUT2D eigenvalue weighted by molar-refractivity contribution is -0.142. The van der Waals surface area contributed by atoms with Gasteiger partial charge in [0, 0.05) is 19.0 Å². The number of carboxylic acid groups (broad SMARTS) is 1. The summed E-state index contributed by atoms with van der Waals surface area (Å²) in [6.45, 7) is 4.29. The maximum Gasteiger partial charge on any atom is 0.407 e. The first kappa shape index (κ1) is 27.4. The van der Waals surface area contributed by atoms with E-state index in [-0.39, 0.29) is 37.5 Å². The summed E-state index contributed by atoms with van der Waals surface area (Å²) in [5, 5.41) is 12.3. The average Bonchev–Trinajstić information content (AvgIpc) is 3.52. The molecule has 3 aromatic carbocycles. The van der Waals surface area contributed by atoms with Gasteiger partial charge in [0.2, 0.25) is 5.91 Å². The van der Waals surface area contributed by atoms with Crippen molar-refractivity contribution < 1.29 is 29.0 Å². The van der Waals surface area contributed by atoms with E-state index < -0.39 is 30.1 Å². The number of rotatable bonds is 9. The van der Waals surface area contributed by atoms with Crippen molar-refractivity contribution in [3.8, 4) is 11.1 Å². The molecule has 2 N–H and O–H groups in total. The summed E-state index contributed by atoms with van der Waals surface area (Å²) >= 11 is 0. The molecule has 1 saturated heterocycles. The van der Waals surface area contributed by atoms with Crippen LogP contribution >= 0.6 is 0 Å². The molecular formula is C32H34N2O6. The molecule has 8 heteroatoms. The first-order valence-electron chi connectivity index (χ1n) is 13.6. The quantitative estimate of drug-likeness (QED) is 0.407. The molecule has 0 spiro atoms. The van der Waals surface area contributed by atoms with Gasteiger partial charge in [0.1, 0.15) is 12.6 Å². The van der Waals surface area contributed by atoms with Crippen LogP contribution in [-0.4, -0.2) is 59.8 Å². The minimum absolute atomic E-state index is 0.0869. The summed E-state index contributed by atoms with van der Waals surface area (Å²) in [6, 6.07) is 24.7. The fourth-order valence-corrected chi connectivity index (χ4v) is 5.71. The Hall–Kier alpha value is -4.17. The van der Waals surface area contributed by atoms with E-state index in [4.69, 9.17) is 9.47 Å². The lowest BCUT2D eigenvalue weighted by Crippen LogP contribution is -2.54. The molecule has 2 aliphatic rings. The molecule has 0 aromatic heterocycles. The third-order valence-corrected chi connectivity index (χ3v) is 7.95. The number of alkyl carbamates (subject to hydrolysis) is 1. The highest BCUT2D eigenvalue weighted by molar-refractivity contribution is 5.87. The van der Waals surface area contributed by atoms with Gasteiger partial charge < -0.3 is 24.8 Å². The molecule has 4 unspecified atom stereocenters. The fourth-order valence-electron chi connectivity index (χ4n) is 5.71. The van der Waals surface area contributed by atoms with Crippen LogP contribution in [0.4, 0.5) is 4.79 Å². The molecule has 1 heterocycles. The zero-order valence-electron chi connectivity index (χ0n) is 22.7. The summed E-state index contributed by atoms with van der Waals surface area (Å²) in [4.78, 5) is 39.9. The molecule has 1 aliphatic carbocycles. The minimum Gasteiger partial charge on any atom is -0.481 e. The molecule has 0 saturated carbocycles. The topological polar surface area (TPSA) is 105 Å². The van der Waals surface area contributed by atoms with E-state index in [2.05, 4.69) is 17.4 Å². The average molecular weight is 543 g/mol. The predicted octanol–water partition coefficient (Wildman–Crippen LogP) is 4.68. The molecule has 8 nitrogen and oxygen atoms in total. The second-order valence-corrected chi connectivity index (χ2v) is 10.6. The summed E-state index contributed by atoms with van der Waals surface area (Å²) in [5.74, 6) is -2.28. The number of benzene rings is 3. The number of fused-ring (bicyclic) bond motifs is 3. The van der Waals surface area contributed by atoms with Crippen molar-refractivity contribution >= 4 is 18.0 Å². The maximum absolute atomic E-state index is 13.6. The van der Waals surface area contributed by atoms with Crippen LogP contribution in [0.3, 0.4) is 0 Å². The highest BCUT2D eigenvalue weighted by Gasteiger charge is 2.41. The Morgan fingerprint density at radius 1 is 0.925 bits per heavy atom. The summed E-state index contributed by atoms with van der Waals surface area (Å²) in [5.41, 5.74) is 5.37. The Morgan fingerprint density at radius 3 is 2.12 bits per heavy atom. The molecule has 2 amide bonds. The molecular weight excluding hydrogens is 508 g/mol. The number of likely N-dealkylation sites (tertiary alicyclic amines) is 1. The van der Waals surface area contributed by atoms with Crippen LogP contribution in [0.5, 0.6) is 0 Å². The molecule has 0 bridgehead atoms. The highest BCUT2D eigenvalue weighted by atomic mass is 16.5. The van der Waals surface area contributed by atoms with Crippen molar-refractivity contribution in [1.82, 2.24) is 10.2 Å². The molecule has 4 atom stereocenters. The molecule has 40 heavy (non-hydrogen) atoms. The van der Waals surface area contributed by atoms with E-state index >= 15 is 0 Å². The Morgan fingerprint density at radius 2 is 1.52 bits per heavy atom. The Bertz CT molecular complexity index is 1330. The van der Waals surface area contributed by atoms with Gasteiger partial charge in [0.25, 0.3) is 0 Å².